The van der Waals surface area contributed by atoms with Gasteiger partial charge in [0.15, 0.2) is 0 Å². The first kappa shape index (κ1) is 23.4. The van der Waals surface area contributed by atoms with Gasteiger partial charge >= 0.3 is 0 Å². The fourth-order valence-corrected chi connectivity index (χ4v) is 3.72. The molecule has 150 valence electrons. The number of nitrogens with zero attached hydrogens (tertiary/aromatic N) is 1. The molecule has 27 heavy (non-hydrogen) atoms. The number of amidine groups is 1. The van der Waals surface area contributed by atoms with E-state index in [4.69, 9.17) is 21.6 Å². The largest absolute Gasteiger partial charge is 0.491 e. The van der Waals surface area contributed by atoms with E-state index in [1.165, 1.54) is 0 Å². The first-order chi connectivity index (χ1) is 12.9. The van der Waals surface area contributed by atoms with Crippen LogP contribution < -0.4 is 21.5 Å². The number of halogens is 2. The summed E-state index contributed by atoms with van der Waals surface area (Å²) in [6, 6.07) is 3.63. The van der Waals surface area contributed by atoms with E-state index < -0.39 is 5.91 Å². The number of rotatable bonds is 12. The zero-order chi connectivity index (χ0) is 20.2. The van der Waals surface area contributed by atoms with Crippen molar-refractivity contribution in [3.63, 3.8) is 0 Å². The monoisotopic (exact) mass is 505 g/mol. The van der Waals surface area contributed by atoms with Crippen molar-refractivity contribution in [1.29, 1.82) is 5.41 Å². The molecule has 0 unspecified atom stereocenters. The number of nitrogens with one attached hydrogen (secondary N) is 2. The van der Waals surface area contributed by atoms with E-state index >= 15 is 0 Å². The van der Waals surface area contributed by atoms with E-state index in [0.717, 1.165) is 20.9 Å². The highest BCUT2D eigenvalue weighted by Gasteiger charge is 2.15. The molecule has 1 amide bonds. The lowest BCUT2D eigenvalue weighted by Gasteiger charge is -2.12. The van der Waals surface area contributed by atoms with Gasteiger partial charge in [-0.05, 0) is 75.4 Å². The van der Waals surface area contributed by atoms with Crippen LogP contribution in [0.5, 0.6) is 5.75 Å². The third kappa shape index (κ3) is 8.72. The van der Waals surface area contributed by atoms with Crippen molar-refractivity contribution in [1.82, 2.24) is 5.32 Å². The van der Waals surface area contributed by atoms with Crippen molar-refractivity contribution in [2.75, 3.05) is 19.7 Å². The van der Waals surface area contributed by atoms with Crippen LogP contribution in [0.2, 0.25) is 0 Å². The number of unbranched alkanes of at least 4 members (excludes halogenated alkanes) is 1. The van der Waals surface area contributed by atoms with Crippen molar-refractivity contribution in [2.24, 2.45) is 16.6 Å². The zero-order valence-corrected chi connectivity index (χ0v) is 18.1. The summed E-state index contributed by atoms with van der Waals surface area (Å²) < 4.78 is 7.13. The smallest absolute Gasteiger partial charge is 0.269 e. The maximum atomic E-state index is 12.2. The average Bonchev–Trinajstić information content (AvgIpc) is 2.61. The molecule has 0 bridgehead atoms. The van der Waals surface area contributed by atoms with Gasteiger partial charge in [0.25, 0.3) is 5.91 Å². The number of ether oxygens (including phenoxy) is 1. The van der Waals surface area contributed by atoms with E-state index in [0.29, 0.717) is 44.7 Å². The first-order valence-corrected chi connectivity index (χ1v) is 10.1. The van der Waals surface area contributed by atoms with E-state index in [1.807, 2.05) is 12.1 Å². The van der Waals surface area contributed by atoms with Gasteiger partial charge in [-0.1, -0.05) is 5.16 Å². The molecule has 0 aliphatic heterocycles. The molecule has 0 heterocycles. The maximum absolute atomic E-state index is 12.2. The molecule has 0 saturated carbocycles. The summed E-state index contributed by atoms with van der Waals surface area (Å²) in [5.74, 6) is 0.353. The number of nitrogens with two attached hydrogens (primary N) is 2. The van der Waals surface area contributed by atoms with Crippen LogP contribution >= 0.6 is 31.9 Å². The van der Waals surface area contributed by atoms with Crippen LogP contribution in [0, 0.1) is 5.41 Å². The Bertz CT molecular complexity index is 660. The number of oxime groups is 1. The lowest BCUT2D eigenvalue weighted by molar-refractivity contribution is -0.115. The van der Waals surface area contributed by atoms with E-state index in [2.05, 4.69) is 42.3 Å². The summed E-state index contributed by atoms with van der Waals surface area (Å²) in [5.41, 5.74) is 11.5. The van der Waals surface area contributed by atoms with Gasteiger partial charge in [0, 0.05) is 19.4 Å². The Balaban J connectivity index is 2.63. The molecular weight excluding hydrogens is 482 g/mol. The van der Waals surface area contributed by atoms with Gasteiger partial charge in [-0.3, -0.25) is 10.2 Å². The SMILES string of the molecule is N=C(N)CCCCNC(=O)/C(Cc1cc(Br)c(OCCCN)c(Br)c1)=N\O. The summed E-state index contributed by atoms with van der Waals surface area (Å²) in [6.07, 6.45) is 2.81. The second-order valence-corrected chi connectivity index (χ2v) is 7.55. The van der Waals surface area contributed by atoms with Crippen molar-refractivity contribution in [2.45, 2.75) is 32.1 Å². The van der Waals surface area contributed by atoms with Gasteiger partial charge in [-0.25, -0.2) is 0 Å². The summed E-state index contributed by atoms with van der Waals surface area (Å²) in [5, 5.41) is 22.2. The quantitative estimate of drug-likeness (QED) is 0.0971. The van der Waals surface area contributed by atoms with E-state index in [9.17, 15) is 10.0 Å². The average molecular weight is 507 g/mol. The van der Waals surface area contributed by atoms with Crippen LogP contribution in [-0.4, -0.2) is 42.4 Å². The molecule has 0 fully saturated rings. The highest BCUT2D eigenvalue weighted by molar-refractivity contribution is 9.11. The molecule has 0 radical (unpaired) electrons. The number of hydrogen-bond donors (Lipinski definition) is 5. The highest BCUT2D eigenvalue weighted by Crippen LogP contribution is 2.35. The number of carbonyl (C=O) groups is 1. The maximum Gasteiger partial charge on any atom is 0.269 e. The van der Waals surface area contributed by atoms with Crippen LogP contribution in [0.4, 0.5) is 0 Å². The normalized spacial score (nSPS) is 11.3. The van der Waals surface area contributed by atoms with Gasteiger partial charge in [0.1, 0.15) is 11.5 Å². The van der Waals surface area contributed by atoms with E-state index in [-0.39, 0.29) is 18.0 Å². The Hall–Kier alpha value is -1.65. The molecule has 0 aromatic heterocycles. The van der Waals surface area contributed by atoms with Crippen molar-refractivity contribution < 1.29 is 14.7 Å². The molecule has 0 atom stereocenters. The molecule has 10 heteroatoms. The predicted octanol–water partition coefficient (Wildman–Crippen LogP) is 2.53. The minimum absolute atomic E-state index is 0.0113. The van der Waals surface area contributed by atoms with Crippen LogP contribution in [0.3, 0.4) is 0 Å². The second-order valence-electron chi connectivity index (χ2n) is 5.84. The Labute approximate surface area is 175 Å². The first-order valence-electron chi connectivity index (χ1n) is 8.51. The summed E-state index contributed by atoms with van der Waals surface area (Å²) >= 11 is 6.91. The third-order valence-corrected chi connectivity index (χ3v) is 4.74. The molecule has 0 spiro atoms. The predicted molar refractivity (Wildman–Crippen MR) is 113 cm³/mol. The Morgan fingerprint density at radius 3 is 2.48 bits per heavy atom. The molecule has 1 aromatic rings. The molecule has 8 nitrogen and oxygen atoms in total. The second kappa shape index (κ2) is 12.7. The Kier molecular flexibility index (Phi) is 11.0. The molecule has 0 aliphatic rings. The van der Waals surface area contributed by atoms with Crippen molar-refractivity contribution in [3.8, 4) is 5.75 Å². The lowest BCUT2D eigenvalue weighted by atomic mass is 10.1. The molecule has 1 rings (SSSR count). The lowest BCUT2D eigenvalue weighted by Crippen LogP contribution is -2.33. The summed E-state index contributed by atoms with van der Waals surface area (Å²) in [7, 11) is 0. The minimum Gasteiger partial charge on any atom is -0.491 e. The van der Waals surface area contributed by atoms with Crippen molar-refractivity contribution >= 4 is 49.3 Å². The molecule has 0 aliphatic carbocycles. The number of amides is 1. The number of benzene rings is 1. The summed E-state index contributed by atoms with van der Waals surface area (Å²) in [4.78, 5) is 12.2. The topological polar surface area (TPSA) is 147 Å². The fourth-order valence-electron chi connectivity index (χ4n) is 2.21. The fraction of sp³-hybridized carbons (Fsp3) is 0.471. The van der Waals surface area contributed by atoms with Gasteiger partial charge < -0.3 is 26.7 Å². The van der Waals surface area contributed by atoms with Crippen LogP contribution in [0.1, 0.15) is 31.2 Å². The van der Waals surface area contributed by atoms with Crippen LogP contribution in [0.25, 0.3) is 0 Å². The third-order valence-electron chi connectivity index (χ3n) is 3.57. The van der Waals surface area contributed by atoms with Gasteiger partial charge in [0.05, 0.1) is 21.4 Å². The van der Waals surface area contributed by atoms with Gasteiger partial charge in [-0.2, -0.15) is 0 Å². The highest BCUT2D eigenvalue weighted by atomic mass is 79.9. The standard InChI is InChI=1S/C17H25Br2N5O3/c18-12-8-11(9-13(19)16(12)27-7-3-5-20)10-14(24-26)17(25)23-6-2-1-4-15(21)22/h8-9,26H,1-7,10,20H2,(H3,21,22)(H,23,25)/b24-14-. The summed E-state index contributed by atoms with van der Waals surface area (Å²) in [6.45, 7) is 1.47. The van der Waals surface area contributed by atoms with Crippen LogP contribution in [-0.2, 0) is 11.2 Å². The van der Waals surface area contributed by atoms with Gasteiger partial charge in [-0.15, -0.1) is 0 Å². The number of hydrogen-bond acceptors (Lipinski definition) is 6. The molecule has 0 saturated heterocycles. The molecule has 1 aromatic carbocycles. The zero-order valence-electron chi connectivity index (χ0n) is 14.9. The van der Waals surface area contributed by atoms with Gasteiger partial charge in [0.2, 0.25) is 0 Å². The van der Waals surface area contributed by atoms with Crippen LogP contribution in [0.15, 0.2) is 26.2 Å². The Morgan fingerprint density at radius 1 is 1.26 bits per heavy atom. The van der Waals surface area contributed by atoms with Crippen molar-refractivity contribution in [3.05, 3.63) is 26.6 Å². The number of carbonyl (C=O) groups excluding carboxylic acids is 1. The van der Waals surface area contributed by atoms with E-state index in [1.54, 1.807) is 0 Å². The molecular formula is C17H25Br2N5O3. The molecule has 7 N–H and O–H groups in total. The minimum atomic E-state index is -0.434. The Morgan fingerprint density at radius 2 is 1.93 bits per heavy atom.